The SMILES string of the molecule is C=CCS(=O)(=O)CC(=O)Nc1cccc(C)c1C. The van der Waals surface area contributed by atoms with Crippen molar-refractivity contribution in [3.05, 3.63) is 42.0 Å². The second kappa shape index (κ2) is 5.82. The number of carbonyl (C=O) groups is 1. The lowest BCUT2D eigenvalue weighted by Gasteiger charge is -2.10. The fourth-order valence-electron chi connectivity index (χ4n) is 1.51. The van der Waals surface area contributed by atoms with E-state index in [1.165, 1.54) is 6.08 Å². The zero-order valence-corrected chi connectivity index (χ0v) is 11.4. The summed E-state index contributed by atoms with van der Waals surface area (Å²) in [5, 5.41) is 2.61. The first-order chi connectivity index (χ1) is 8.35. The molecule has 1 N–H and O–H groups in total. The Labute approximate surface area is 108 Å². The fraction of sp³-hybridized carbons (Fsp3) is 0.308. The molecule has 0 saturated heterocycles. The molecule has 5 heteroatoms. The van der Waals surface area contributed by atoms with E-state index in [9.17, 15) is 13.2 Å². The van der Waals surface area contributed by atoms with Gasteiger partial charge in [-0.2, -0.15) is 0 Å². The molecule has 0 aliphatic rings. The number of nitrogens with one attached hydrogen (secondary N) is 1. The Morgan fingerprint density at radius 3 is 2.67 bits per heavy atom. The predicted molar refractivity (Wildman–Crippen MR) is 73.4 cm³/mol. The first-order valence-corrected chi connectivity index (χ1v) is 7.35. The standard InChI is InChI=1S/C13H17NO3S/c1-4-8-18(16,17)9-13(15)14-12-7-5-6-10(2)11(12)3/h4-7H,1,8-9H2,2-3H3,(H,14,15). The van der Waals surface area contributed by atoms with Crippen LogP contribution in [0.25, 0.3) is 0 Å². The van der Waals surface area contributed by atoms with E-state index in [2.05, 4.69) is 11.9 Å². The molecule has 0 fully saturated rings. The Hall–Kier alpha value is -1.62. The maximum Gasteiger partial charge on any atom is 0.239 e. The van der Waals surface area contributed by atoms with Gasteiger partial charge in [-0.05, 0) is 31.0 Å². The van der Waals surface area contributed by atoms with E-state index in [0.717, 1.165) is 11.1 Å². The lowest BCUT2D eigenvalue weighted by molar-refractivity contribution is -0.113. The number of anilines is 1. The topological polar surface area (TPSA) is 63.2 Å². The van der Waals surface area contributed by atoms with E-state index in [1.54, 1.807) is 6.07 Å². The highest BCUT2D eigenvalue weighted by atomic mass is 32.2. The Morgan fingerprint density at radius 1 is 1.39 bits per heavy atom. The van der Waals surface area contributed by atoms with E-state index in [1.807, 2.05) is 26.0 Å². The van der Waals surface area contributed by atoms with Gasteiger partial charge in [0.05, 0.1) is 5.75 Å². The maximum atomic E-state index is 11.6. The monoisotopic (exact) mass is 267 g/mol. The van der Waals surface area contributed by atoms with Crippen LogP contribution in [0.4, 0.5) is 5.69 Å². The van der Waals surface area contributed by atoms with Gasteiger partial charge in [0, 0.05) is 5.69 Å². The minimum atomic E-state index is -3.40. The van der Waals surface area contributed by atoms with Crippen molar-refractivity contribution >= 4 is 21.4 Å². The molecular formula is C13H17NO3S. The minimum absolute atomic E-state index is 0.187. The van der Waals surface area contributed by atoms with Crippen molar-refractivity contribution in [2.24, 2.45) is 0 Å². The molecule has 18 heavy (non-hydrogen) atoms. The second-order valence-corrected chi connectivity index (χ2v) is 6.25. The van der Waals surface area contributed by atoms with Gasteiger partial charge in [-0.1, -0.05) is 18.2 Å². The Morgan fingerprint density at radius 2 is 2.06 bits per heavy atom. The number of hydrogen-bond acceptors (Lipinski definition) is 3. The highest BCUT2D eigenvalue weighted by Gasteiger charge is 2.15. The number of rotatable bonds is 5. The molecule has 0 aliphatic heterocycles. The average molecular weight is 267 g/mol. The molecule has 0 aromatic heterocycles. The molecule has 0 aliphatic carbocycles. The smallest absolute Gasteiger partial charge is 0.239 e. The van der Waals surface area contributed by atoms with Crippen LogP contribution in [0.3, 0.4) is 0 Å². The van der Waals surface area contributed by atoms with Crippen LogP contribution in [-0.2, 0) is 14.6 Å². The molecule has 1 aromatic rings. The normalized spacial score (nSPS) is 11.0. The number of amides is 1. The lowest BCUT2D eigenvalue weighted by Crippen LogP contribution is -2.24. The Bertz CT molecular complexity index is 562. The van der Waals surface area contributed by atoms with Crippen LogP contribution in [0.15, 0.2) is 30.9 Å². The molecule has 1 aromatic carbocycles. The van der Waals surface area contributed by atoms with Crippen molar-refractivity contribution in [1.29, 1.82) is 0 Å². The third kappa shape index (κ3) is 4.00. The third-order valence-electron chi connectivity index (χ3n) is 2.60. The zero-order chi connectivity index (χ0) is 13.8. The van der Waals surface area contributed by atoms with Crippen molar-refractivity contribution in [2.75, 3.05) is 16.8 Å². The molecule has 0 radical (unpaired) electrons. The summed E-state index contributed by atoms with van der Waals surface area (Å²) < 4.78 is 22.9. The van der Waals surface area contributed by atoms with E-state index in [0.29, 0.717) is 5.69 Å². The molecule has 1 rings (SSSR count). The lowest BCUT2D eigenvalue weighted by atomic mass is 10.1. The predicted octanol–water partition coefficient (Wildman–Crippen LogP) is 1.84. The van der Waals surface area contributed by atoms with Crippen molar-refractivity contribution in [3.63, 3.8) is 0 Å². The van der Waals surface area contributed by atoms with Crippen molar-refractivity contribution in [3.8, 4) is 0 Å². The summed E-state index contributed by atoms with van der Waals surface area (Å²) in [5.74, 6) is -1.23. The van der Waals surface area contributed by atoms with E-state index >= 15 is 0 Å². The van der Waals surface area contributed by atoms with Crippen molar-refractivity contribution in [2.45, 2.75) is 13.8 Å². The van der Waals surface area contributed by atoms with Crippen LogP contribution in [0.2, 0.25) is 0 Å². The molecular weight excluding hydrogens is 250 g/mol. The first kappa shape index (κ1) is 14.4. The third-order valence-corrected chi connectivity index (χ3v) is 4.05. The number of sulfone groups is 1. The molecule has 0 unspecified atom stereocenters. The van der Waals surface area contributed by atoms with Gasteiger partial charge in [0.15, 0.2) is 9.84 Å². The fourth-order valence-corrected chi connectivity index (χ4v) is 2.46. The van der Waals surface area contributed by atoms with Crippen LogP contribution in [0, 0.1) is 13.8 Å². The zero-order valence-electron chi connectivity index (χ0n) is 10.6. The summed E-state index contributed by atoms with van der Waals surface area (Å²) in [6.07, 6.45) is 1.28. The number of benzene rings is 1. The quantitative estimate of drug-likeness (QED) is 0.828. The molecule has 4 nitrogen and oxygen atoms in total. The minimum Gasteiger partial charge on any atom is -0.325 e. The Balaban J connectivity index is 2.77. The molecule has 1 amide bonds. The number of hydrogen-bond donors (Lipinski definition) is 1. The van der Waals surface area contributed by atoms with Crippen LogP contribution in [0.1, 0.15) is 11.1 Å². The van der Waals surface area contributed by atoms with Gasteiger partial charge < -0.3 is 5.32 Å². The van der Waals surface area contributed by atoms with Gasteiger partial charge in [0.25, 0.3) is 0 Å². The summed E-state index contributed by atoms with van der Waals surface area (Å²) >= 11 is 0. The largest absolute Gasteiger partial charge is 0.325 e. The van der Waals surface area contributed by atoms with Crippen molar-refractivity contribution in [1.82, 2.24) is 0 Å². The molecule has 0 spiro atoms. The van der Waals surface area contributed by atoms with Crippen LogP contribution in [-0.4, -0.2) is 25.8 Å². The summed E-state index contributed by atoms with van der Waals surface area (Å²) in [6.45, 7) is 7.16. The molecule has 98 valence electrons. The highest BCUT2D eigenvalue weighted by molar-refractivity contribution is 7.92. The van der Waals surface area contributed by atoms with Gasteiger partial charge in [-0.25, -0.2) is 8.42 Å². The highest BCUT2D eigenvalue weighted by Crippen LogP contribution is 2.17. The molecule has 0 heterocycles. The van der Waals surface area contributed by atoms with E-state index in [4.69, 9.17) is 0 Å². The van der Waals surface area contributed by atoms with Crippen LogP contribution in [0.5, 0.6) is 0 Å². The summed E-state index contributed by atoms with van der Waals surface area (Å²) in [7, 11) is -3.40. The summed E-state index contributed by atoms with van der Waals surface area (Å²) in [5.41, 5.74) is 2.63. The van der Waals surface area contributed by atoms with Gasteiger partial charge in [-0.3, -0.25) is 4.79 Å². The number of aryl methyl sites for hydroxylation is 1. The van der Waals surface area contributed by atoms with Gasteiger partial charge in [0.1, 0.15) is 5.75 Å². The van der Waals surface area contributed by atoms with Crippen molar-refractivity contribution < 1.29 is 13.2 Å². The van der Waals surface area contributed by atoms with E-state index < -0.39 is 21.5 Å². The maximum absolute atomic E-state index is 11.6. The Kier molecular flexibility index (Phi) is 4.67. The molecule has 0 bridgehead atoms. The van der Waals surface area contributed by atoms with Crippen LogP contribution < -0.4 is 5.32 Å². The average Bonchev–Trinajstić information content (AvgIpc) is 2.23. The first-order valence-electron chi connectivity index (χ1n) is 5.53. The summed E-state index contributed by atoms with van der Waals surface area (Å²) in [6, 6.07) is 5.50. The van der Waals surface area contributed by atoms with Gasteiger partial charge >= 0.3 is 0 Å². The summed E-state index contributed by atoms with van der Waals surface area (Å²) in [4.78, 5) is 11.6. The molecule has 0 saturated carbocycles. The van der Waals surface area contributed by atoms with Crippen LogP contribution >= 0.6 is 0 Å². The van der Waals surface area contributed by atoms with E-state index in [-0.39, 0.29) is 5.75 Å². The van der Waals surface area contributed by atoms with Gasteiger partial charge in [0.2, 0.25) is 5.91 Å². The second-order valence-electron chi connectivity index (χ2n) is 4.14. The number of carbonyl (C=O) groups excluding carboxylic acids is 1. The van der Waals surface area contributed by atoms with Gasteiger partial charge in [-0.15, -0.1) is 6.58 Å². The molecule has 0 atom stereocenters.